The van der Waals surface area contributed by atoms with E-state index in [1.807, 2.05) is 48.5 Å². The Morgan fingerprint density at radius 1 is 1.06 bits per heavy atom. The molecule has 0 saturated carbocycles. The van der Waals surface area contributed by atoms with E-state index in [0.717, 1.165) is 5.56 Å². The molecule has 0 saturated heterocycles. The molecule has 4 heterocycles. The first-order chi connectivity index (χ1) is 15.7. The van der Waals surface area contributed by atoms with E-state index >= 15 is 0 Å². The number of aromatic nitrogens is 3. The first-order valence-corrected chi connectivity index (χ1v) is 11.0. The van der Waals surface area contributed by atoms with Crippen molar-refractivity contribution < 1.29 is 13.9 Å². The van der Waals surface area contributed by atoms with E-state index < -0.39 is 6.10 Å². The first kappa shape index (κ1) is 19.1. The molecule has 3 aromatic heterocycles. The smallest absolute Gasteiger partial charge is 0.291 e. The lowest BCUT2D eigenvalue weighted by molar-refractivity contribution is 0.0852. The summed E-state index contributed by atoms with van der Waals surface area (Å²) >= 11 is 7.48. The minimum absolute atomic E-state index is 0.267. The maximum atomic E-state index is 12.9. The van der Waals surface area contributed by atoms with Gasteiger partial charge >= 0.3 is 0 Å². The number of fused-ring (bicyclic) bond motifs is 2. The van der Waals surface area contributed by atoms with E-state index in [1.165, 1.54) is 15.9 Å². The summed E-state index contributed by atoms with van der Waals surface area (Å²) in [5.74, 6) is 2.90. The molecule has 1 aliphatic heterocycles. The van der Waals surface area contributed by atoms with Gasteiger partial charge in [-0.2, -0.15) is 9.50 Å². The highest BCUT2D eigenvalue weighted by Gasteiger charge is 2.27. The third kappa shape index (κ3) is 3.24. The van der Waals surface area contributed by atoms with Gasteiger partial charge in [-0.3, -0.25) is 4.79 Å². The van der Waals surface area contributed by atoms with Crippen LogP contribution in [0.1, 0.15) is 17.7 Å². The SMILES string of the molecule is O=c1/c(=C/c2ccc(-c3ccccc3Cl)o2)sc2nc([C@H]3COc4ccccc4O3)nn12. The molecule has 0 unspecified atom stereocenters. The molecule has 0 aliphatic carbocycles. The van der Waals surface area contributed by atoms with Crippen molar-refractivity contribution in [3.05, 3.63) is 92.2 Å². The van der Waals surface area contributed by atoms with Crippen LogP contribution in [0.3, 0.4) is 0 Å². The summed E-state index contributed by atoms with van der Waals surface area (Å²) in [6, 6.07) is 18.5. The molecule has 6 rings (SSSR count). The Morgan fingerprint density at radius 2 is 1.88 bits per heavy atom. The number of benzene rings is 2. The third-order valence-corrected chi connectivity index (χ3v) is 6.32. The number of rotatable bonds is 3. The first-order valence-electron chi connectivity index (χ1n) is 9.80. The number of thiazole rings is 1. The summed E-state index contributed by atoms with van der Waals surface area (Å²) in [5.41, 5.74) is 0.524. The largest absolute Gasteiger partial charge is 0.485 e. The molecule has 32 heavy (non-hydrogen) atoms. The van der Waals surface area contributed by atoms with Crippen LogP contribution in [0.25, 0.3) is 22.4 Å². The Balaban J connectivity index is 1.31. The fourth-order valence-electron chi connectivity index (χ4n) is 3.50. The Bertz CT molecular complexity index is 1570. The Labute approximate surface area is 190 Å². The lowest BCUT2D eigenvalue weighted by atomic mass is 10.2. The predicted octanol–water partition coefficient (Wildman–Crippen LogP) is 4.12. The summed E-state index contributed by atoms with van der Waals surface area (Å²) in [6.07, 6.45) is 1.20. The summed E-state index contributed by atoms with van der Waals surface area (Å²) in [6.45, 7) is 0.277. The quantitative estimate of drug-likeness (QED) is 0.400. The van der Waals surface area contributed by atoms with Gasteiger partial charge in [-0.25, -0.2) is 0 Å². The highest BCUT2D eigenvalue weighted by Crippen LogP contribution is 2.35. The van der Waals surface area contributed by atoms with Crippen LogP contribution in [0.4, 0.5) is 0 Å². The number of para-hydroxylation sites is 2. The number of halogens is 1. The van der Waals surface area contributed by atoms with E-state index in [-0.39, 0.29) is 12.2 Å². The fraction of sp³-hybridized carbons (Fsp3) is 0.0870. The molecule has 7 nitrogen and oxygen atoms in total. The van der Waals surface area contributed by atoms with Crippen LogP contribution in [0.2, 0.25) is 5.02 Å². The van der Waals surface area contributed by atoms with Crippen molar-refractivity contribution in [2.24, 2.45) is 0 Å². The van der Waals surface area contributed by atoms with Gasteiger partial charge in [0.05, 0.1) is 5.02 Å². The van der Waals surface area contributed by atoms with Gasteiger partial charge in [0.1, 0.15) is 22.7 Å². The molecule has 0 spiro atoms. The van der Waals surface area contributed by atoms with Crippen LogP contribution in [0.5, 0.6) is 11.5 Å². The minimum atomic E-state index is -0.480. The second-order valence-electron chi connectivity index (χ2n) is 7.13. The zero-order valence-corrected chi connectivity index (χ0v) is 18.0. The van der Waals surface area contributed by atoms with Gasteiger partial charge in [-0.05, 0) is 36.4 Å². The maximum Gasteiger partial charge on any atom is 0.291 e. The van der Waals surface area contributed by atoms with Crippen molar-refractivity contribution >= 4 is 34.0 Å². The average Bonchev–Trinajstić information content (AvgIpc) is 3.51. The summed E-state index contributed by atoms with van der Waals surface area (Å²) in [7, 11) is 0. The Morgan fingerprint density at radius 3 is 2.72 bits per heavy atom. The van der Waals surface area contributed by atoms with Gasteiger partial charge in [-0.15, -0.1) is 5.10 Å². The molecule has 0 fully saturated rings. The van der Waals surface area contributed by atoms with E-state index in [2.05, 4.69) is 10.1 Å². The molecule has 158 valence electrons. The van der Waals surface area contributed by atoms with E-state index in [9.17, 15) is 4.79 Å². The van der Waals surface area contributed by atoms with Gasteiger partial charge in [0.25, 0.3) is 5.56 Å². The normalized spacial score (nSPS) is 16.0. The van der Waals surface area contributed by atoms with Gasteiger partial charge in [0, 0.05) is 11.6 Å². The van der Waals surface area contributed by atoms with Crippen LogP contribution in [0, 0.1) is 0 Å². The summed E-state index contributed by atoms with van der Waals surface area (Å²) < 4.78 is 19.3. The van der Waals surface area contributed by atoms with Crippen LogP contribution in [-0.2, 0) is 0 Å². The fourth-order valence-corrected chi connectivity index (χ4v) is 4.62. The average molecular weight is 464 g/mol. The van der Waals surface area contributed by atoms with Crippen LogP contribution in [0.15, 0.2) is 69.9 Å². The minimum Gasteiger partial charge on any atom is -0.485 e. The topological polar surface area (TPSA) is 78.9 Å². The number of ether oxygens (including phenoxy) is 2. The maximum absolute atomic E-state index is 12.9. The number of nitrogens with zero attached hydrogens (tertiary/aromatic N) is 3. The van der Waals surface area contributed by atoms with Gasteiger partial charge in [0.15, 0.2) is 23.4 Å². The molecule has 1 aliphatic rings. The van der Waals surface area contributed by atoms with Crippen molar-refractivity contribution in [2.45, 2.75) is 6.10 Å². The molecule has 0 bridgehead atoms. The van der Waals surface area contributed by atoms with Crippen molar-refractivity contribution in [1.29, 1.82) is 0 Å². The van der Waals surface area contributed by atoms with Gasteiger partial charge in [-0.1, -0.05) is 47.2 Å². The highest BCUT2D eigenvalue weighted by atomic mass is 35.5. The van der Waals surface area contributed by atoms with Crippen molar-refractivity contribution in [1.82, 2.24) is 14.6 Å². The molecule has 0 N–H and O–H groups in total. The summed E-state index contributed by atoms with van der Waals surface area (Å²) in [4.78, 5) is 17.8. The van der Waals surface area contributed by atoms with Crippen LogP contribution in [-0.4, -0.2) is 21.2 Å². The Kier molecular flexibility index (Phi) is 4.48. The molecular weight excluding hydrogens is 450 g/mol. The van der Waals surface area contributed by atoms with Gasteiger partial charge in [0.2, 0.25) is 4.96 Å². The van der Waals surface area contributed by atoms with E-state index in [0.29, 0.717) is 43.4 Å². The molecule has 5 aromatic rings. The molecule has 1 atom stereocenters. The zero-order chi connectivity index (χ0) is 21.7. The van der Waals surface area contributed by atoms with Crippen LogP contribution >= 0.6 is 22.9 Å². The monoisotopic (exact) mass is 463 g/mol. The molecule has 2 aromatic carbocycles. The number of hydrogen-bond acceptors (Lipinski definition) is 7. The van der Waals surface area contributed by atoms with Crippen molar-refractivity contribution in [3.63, 3.8) is 0 Å². The molecule has 0 amide bonds. The molecule has 0 radical (unpaired) electrons. The van der Waals surface area contributed by atoms with Gasteiger partial charge < -0.3 is 13.9 Å². The second kappa shape index (κ2) is 7.51. The van der Waals surface area contributed by atoms with E-state index in [4.69, 9.17) is 25.5 Å². The lowest BCUT2D eigenvalue weighted by Gasteiger charge is -2.24. The van der Waals surface area contributed by atoms with Crippen LogP contribution < -0.4 is 19.6 Å². The molecule has 9 heteroatoms. The predicted molar refractivity (Wildman–Crippen MR) is 120 cm³/mol. The van der Waals surface area contributed by atoms with Crippen molar-refractivity contribution in [2.75, 3.05) is 6.61 Å². The Hall–Kier alpha value is -3.62. The summed E-state index contributed by atoms with van der Waals surface area (Å²) in [5, 5.41) is 4.96. The lowest BCUT2D eigenvalue weighted by Crippen LogP contribution is -2.26. The molecular formula is C23H14ClN3O4S. The van der Waals surface area contributed by atoms with Crippen molar-refractivity contribution in [3.8, 4) is 22.8 Å². The standard InChI is InChI=1S/C23H14ClN3O4S/c24-15-6-2-1-5-14(15)16-10-9-13(30-16)11-20-22(28)27-23(32-20)25-21(26-27)19-12-29-17-7-3-4-8-18(17)31-19/h1-11,19H,12H2/b20-11-/t19-/m1/s1. The number of hydrogen-bond donors (Lipinski definition) is 0. The third-order valence-electron chi connectivity index (χ3n) is 5.03. The van der Waals surface area contributed by atoms with E-state index in [1.54, 1.807) is 18.2 Å². The number of furan rings is 1. The second-order valence-corrected chi connectivity index (χ2v) is 8.54. The highest BCUT2D eigenvalue weighted by molar-refractivity contribution is 7.15. The zero-order valence-electron chi connectivity index (χ0n) is 16.4.